The Balaban J connectivity index is 1.65. The minimum Gasteiger partial charge on any atom is -0.349 e. The van der Waals surface area contributed by atoms with Crippen LogP contribution in [-0.4, -0.2) is 36.4 Å². The third-order valence-corrected chi connectivity index (χ3v) is 8.35. The van der Waals surface area contributed by atoms with Crippen LogP contribution >= 0.6 is 15.9 Å². The van der Waals surface area contributed by atoms with Crippen molar-refractivity contribution in [3.05, 3.63) is 87.8 Å². The second-order valence-corrected chi connectivity index (χ2v) is 10.7. The van der Waals surface area contributed by atoms with Crippen molar-refractivity contribution in [1.29, 1.82) is 5.26 Å². The summed E-state index contributed by atoms with van der Waals surface area (Å²) >= 11 is 3.51. The quantitative estimate of drug-likeness (QED) is 0.282. The molecular weight excluding hydrogens is 601 g/mol. The molecule has 0 atom stereocenters. The Hall–Kier alpha value is -4.11. The van der Waals surface area contributed by atoms with Gasteiger partial charge >= 0.3 is 6.18 Å². The number of rotatable bonds is 6. The molecule has 1 aliphatic carbocycles. The van der Waals surface area contributed by atoms with Crippen LogP contribution in [0, 0.1) is 17.2 Å². The number of halogens is 4. The molecule has 8 nitrogen and oxygen atoms in total. The van der Waals surface area contributed by atoms with E-state index in [1.54, 1.807) is 30.3 Å². The van der Waals surface area contributed by atoms with Crippen LogP contribution in [0.3, 0.4) is 0 Å². The van der Waals surface area contributed by atoms with Crippen molar-refractivity contribution in [2.75, 3.05) is 5.33 Å². The Morgan fingerprint density at radius 3 is 2.44 bits per heavy atom. The standard InChI is InChI=1S/C29H26BrF3N6O2/c1-37-26(24-13-14-35-38(24)22-11-7-19(17-34)8-12-22)25(27(40)36-21-9-5-18(16-30)6-10-21)28(41)39(37)23-4-2-3-20(15-23)29(31,32)33/h2-4,7-8,11-15,18,21H,5-6,9-10,16H2,1H3,(H,36,40)/t18-,21-. The van der Waals surface area contributed by atoms with Gasteiger partial charge in [0.1, 0.15) is 11.3 Å². The van der Waals surface area contributed by atoms with Crippen LogP contribution in [-0.2, 0) is 13.2 Å². The maximum atomic E-state index is 13.9. The Bertz CT molecular complexity index is 1670. The third kappa shape index (κ3) is 5.59. The summed E-state index contributed by atoms with van der Waals surface area (Å²) in [5.41, 5.74) is -0.294. The second kappa shape index (κ2) is 11.4. The van der Waals surface area contributed by atoms with Gasteiger partial charge in [-0.05, 0) is 80.1 Å². The zero-order chi connectivity index (χ0) is 29.3. The van der Waals surface area contributed by atoms with Crippen LogP contribution in [0.1, 0.15) is 47.2 Å². The van der Waals surface area contributed by atoms with Gasteiger partial charge in [0.2, 0.25) is 0 Å². The summed E-state index contributed by atoms with van der Waals surface area (Å²) < 4.78 is 44.6. The molecule has 0 unspecified atom stereocenters. The zero-order valence-corrected chi connectivity index (χ0v) is 23.6. The number of nitriles is 1. The highest BCUT2D eigenvalue weighted by Gasteiger charge is 2.33. The molecule has 0 spiro atoms. The molecule has 0 saturated heterocycles. The zero-order valence-electron chi connectivity index (χ0n) is 22.0. The molecule has 2 aromatic heterocycles. The number of nitrogens with zero attached hydrogens (tertiary/aromatic N) is 5. The summed E-state index contributed by atoms with van der Waals surface area (Å²) in [6.07, 6.45) is 0.263. The van der Waals surface area contributed by atoms with Crippen LogP contribution in [0.4, 0.5) is 13.2 Å². The number of hydrogen-bond acceptors (Lipinski definition) is 4. The number of carbonyl (C=O) groups is 1. The maximum absolute atomic E-state index is 13.9. The molecule has 1 N–H and O–H groups in total. The van der Waals surface area contributed by atoms with Crippen molar-refractivity contribution < 1.29 is 18.0 Å². The third-order valence-electron chi connectivity index (χ3n) is 7.44. The predicted molar refractivity (Wildman–Crippen MR) is 150 cm³/mol. The van der Waals surface area contributed by atoms with E-state index >= 15 is 0 Å². The van der Waals surface area contributed by atoms with Gasteiger partial charge in [0, 0.05) is 18.4 Å². The lowest BCUT2D eigenvalue weighted by molar-refractivity contribution is -0.137. The van der Waals surface area contributed by atoms with Crippen LogP contribution in [0.2, 0.25) is 0 Å². The predicted octanol–water partition coefficient (Wildman–Crippen LogP) is 5.60. The lowest BCUT2D eigenvalue weighted by Gasteiger charge is -2.27. The van der Waals surface area contributed by atoms with E-state index in [4.69, 9.17) is 5.26 Å². The number of amides is 1. The average molecular weight is 627 g/mol. The fourth-order valence-electron chi connectivity index (χ4n) is 5.29. The Kier molecular flexibility index (Phi) is 7.91. The molecule has 5 rings (SSSR count). The van der Waals surface area contributed by atoms with Crippen LogP contribution in [0.5, 0.6) is 0 Å². The second-order valence-electron chi connectivity index (χ2n) is 10.0. The Morgan fingerprint density at radius 1 is 1.10 bits per heavy atom. The molecule has 4 aromatic rings. The van der Waals surface area contributed by atoms with Crippen molar-refractivity contribution in [3.63, 3.8) is 0 Å². The van der Waals surface area contributed by atoms with E-state index in [0.717, 1.165) is 47.8 Å². The largest absolute Gasteiger partial charge is 0.416 e. The van der Waals surface area contributed by atoms with Gasteiger partial charge in [0.05, 0.1) is 40.5 Å². The molecule has 12 heteroatoms. The van der Waals surface area contributed by atoms with Crippen LogP contribution < -0.4 is 10.9 Å². The number of nitrogens with one attached hydrogen (secondary N) is 1. The molecule has 0 aliphatic heterocycles. The van der Waals surface area contributed by atoms with E-state index < -0.39 is 23.2 Å². The topological polar surface area (TPSA) is 97.6 Å². The number of carbonyl (C=O) groups excluding carboxylic acids is 1. The van der Waals surface area contributed by atoms with Gasteiger partial charge in [-0.2, -0.15) is 23.5 Å². The van der Waals surface area contributed by atoms with E-state index in [0.29, 0.717) is 22.9 Å². The molecule has 2 aromatic carbocycles. The van der Waals surface area contributed by atoms with E-state index in [1.165, 1.54) is 34.7 Å². The van der Waals surface area contributed by atoms with Gasteiger partial charge < -0.3 is 5.32 Å². The van der Waals surface area contributed by atoms with E-state index in [9.17, 15) is 22.8 Å². The fraction of sp³-hybridized carbons (Fsp3) is 0.310. The van der Waals surface area contributed by atoms with Gasteiger partial charge in [-0.25, -0.2) is 9.36 Å². The average Bonchev–Trinajstić information content (AvgIpc) is 3.54. The summed E-state index contributed by atoms with van der Waals surface area (Å²) in [6, 6.07) is 14.6. The lowest BCUT2D eigenvalue weighted by atomic mass is 9.87. The van der Waals surface area contributed by atoms with Gasteiger partial charge in [-0.3, -0.25) is 14.3 Å². The summed E-state index contributed by atoms with van der Waals surface area (Å²) in [5.74, 6) is -0.0726. The molecule has 41 heavy (non-hydrogen) atoms. The normalized spacial score (nSPS) is 17.3. The fourth-order valence-corrected chi connectivity index (χ4v) is 5.94. The Labute approximate surface area is 242 Å². The first-order valence-corrected chi connectivity index (χ1v) is 14.2. The number of aromatic nitrogens is 4. The van der Waals surface area contributed by atoms with Crippen molar-refractivity contribution in [3.8, 4) is 28.8 Å². The molecule has 1 amide bonds. The lowest BCUT2D eigenvalue weighted by Crippen LogP contribution is -2.40. The highest BCUT2D eigenvalue weighted by Crippen LogP contribution is 2.32. The van der Waals surface area contributed by atoms with Gasteiger partial charge in [0.15, 0.2) is 0 Å². The number of hydrogen-bond donors (Lipinski definition) is 1. The molecule has 1 aliphatic rings. The smallest absolute Gasteiger partial charge is 0.349 e. The minimum atomic E-state index is -4.62. The summed E-state index contributed by atoms with van der Waals surface area (Å²) in [4.78, 5) is 27.7. The maximum Gasteiger partial charge on any atom is 0.416 e. The highest BCUT2D eigenvalue weighted by atomic mass is 79.9. The monoisotopic (exact) mass is 626 g/mol. The van der Waals surface area contributed by atoms with Gasteiger partial charge in [-0.15, -0.1) is 0 Å². The first-order valence-electron chi connectivity index (χ1n) is 13.0. The SMILES string of the molecule is Cn1c(-c2ccnn2-c2ccc(C#N)cc2)c(C(=O)N[C@H]2CC[C@H](CBr)CC2)c(=O)n1-c1cccc(C(F)(F)F)c1. The van der Waals surface area contributed by atoms with Crippen molar-refractivity contribution >= 4 is 21.8 Å². The molecule has 1 fully saturated rings. The van der Waals surface area contributed by atoms with E-state index in [-0.39, 0.29) is 23.0 Å². The first kappa shape index (κ1) is 28.4. The molecular formula is C29H26BrF3N6O2. The highest BCUT2D eigenvalue weighted by molar-refractivity contribution is 9.09. The summed E-state index contributed by atoms with van der Waals surface area (Å²) in [7, 11) is 1.52. The van der Waals surface area contributed by atoms with E-state index in [1.807, 2.05) is 0 Å². The number of alkyl halides is 4. The minimum absolute atomic E-state index is 0.0325. The molecule has 0 radical (unpaired) electrons. The first-order chi connectivity index (χ1) is 19.6. The number of benzene rings is 2. The van der Waals surface area contributed by atoms with Crippen LogP contribution in [0.25, 0.3) is 22.8 Å². The molecule has 212 valence electrons. The Morgan fingerprint density at radius 2 is 1.80 bits per heavy atom. The van der Waals surface area contributed by atoms with Crippen molar-refractivity contribution in [2.24, 2.45) is 13.0 Å². The van der Waals surface area contributed by atoms with E-state index in [2.05, 4.69) is 32.4 Å². The summed E-state index contributed by atoms with van der Waals surface area (Å²) in [5, 5.41) is 17.4. The van der Waals surface area contributed by atoms with Crippen LogP contribution in [0.15, 0.2) is 65.6 Å². The van der Waals surface area contributed by atoms with Crippen molar-refractivity contribution in [1.82, 2.24) is 24.5 Å². The molecule has 1 saturated carbocycles. The molecule has 2 heterocycles. The summed E-state index contributed by atoms with van der Waals surface area (Å²) in [6.45, 7) is 0. The van der Waals surface area contributed by atoms with Gasteiger partial charge in [-0.1, -0.05) is 22.0 Å². The van der Waals surface area contributed by atoms with Gasteiger partial charge in [0.25, 0.3) is 11.5 Å². The molecule has 0 bridgehead atoms. The van der Waals surface area contributed by atoms with Crippen molar-refractivity contribution in [2.45, 2.75) is 37.9 Å².